The molecule has 4 heterocycles. The third-order valence-corrected chi connectivity index (χ3v) is 5.46. The molecule has 0 radical (unpaired) electrons. The molecule has 1 aromatic rings. The van der Waals surface area contributed by atoms with Crippen LogP contribution in [0.25, 0.3) is 0 Å². The minimum Gasteiger partial charge on any atom is -0.368 e. The highest BCUT2D eigenvalue weighted by Crippen LogP contribution is 2.31. The lowest BCUT2D eigenvalue weighted by Gasteiger charge is -2.37. The first-order valence-electron chi connectivity index (χ1n) is 9.12. The second-order valence-corrected chi connectivity index (χ2v) is 7.09. The average molecular weight is 346 g/mol. The highest BCUT2D eigenvalue weighted by molar-refractivity contribution is 5.92. The summed E-state index contributed by atoms with van der Waals surface area (Å²) in [5.41, 5.74) is 1.61. The molecule has 3 aliphatic rings. The smallest absolute Gasteiger partial charge is 0.272 e. The fourth-order valence-electron chi connectivity index (χ4n) is 3.76. The summed E-state index contributed by atoms with van der Waals surface area (Å²) in [5.74, 6) is -0.451. The van der Waals surface area contributed by atoms with Gasteiger partial charge in [-0.05, 0) is 19.2 Å². The molecule has 136 valence electrons. The fourth-order valence-corrected chi connectivity index (χ4v) is 3.76. The molecule has 3 saturated heterocycles. The molecule has 0 unspecified atom stereocenters. The van der Waals surface area contributed by atoms with E-state index >= 15 is 0 Å². The summed E-state index contributed by atoms with van der Waals surface area (Å²) in [6, 6.07) is 3.86. The van der Waals surface area contributed by atoms with Crippen molar-refractivity contribution in [3.8, 4) is 0 Å². The Morgan fingerprint density at radius 2 is 1.72 bits per heavy atom. The molecule has 0 aromatic carbocycles. The van der Waals surface area contributed by atoms with Crippen molar-refractivity contribution < 1.29 is 14.3 Å². The van der Waals surface area contributed by atoms with Crippen molar-refractivity contribution in [2.24, 2.45) is 0 Å². The Bertz CT molecular complexity index is 597. The van der Waals surface area contributed by atoms with Crippen LogP contribution < -0.4 is 4.90 Å². The SMILES string of the molecule is CN1CCN(c2ccc(C(=O)N3CCC4(CC3)OCCO4)nc2)CC1. The number of carbonyl (C=O) groups excluding carboxylic acids is 1. The van der Waals surface area contributed by atoms with Crippen molar-refractivity contribution in [1.29, 1.82) is 0 Å². The molecule has 0 aliphatic carbocycles. The quantitative estimate of drug-likeness (QED) is 0.790. The number of amides is 1. The van der Waals surface area contributed by atoms with Gasteiger partial charge in [-0.3, -0.25) is 4.79 Å². The summed E-state index contributed by atoms with van der Waals surface area (Å²) >= 11 is 0. The predicted molar refractivity (Wildman–Crippen MR) is 93.7 cm³/mol. The first kappa shape index (κ1) is 16.8. The van der Waals surface area contributed by atoms with E-state index in [0.29, 0.717) is 32.0 Å². The minimum absolute atomic E-state index is 0.00206. The molecule has 3 aliphatic heterocycles. The molecule has 3 fully saturated rings. The van der Waals surface area contributed by atoms with E-state index in [0.717, 1.165) is 44.7 Å². The van der Waals surface area contributed by atoms with Crippen LogP contribution in [0.1, 0.15) is 23.3 Å². The lowest BCUT2D eigenvalue weighted by molar-refractivity contribution is -0.181. The van der Waals surface area contributed by atoms with Crippen molar-refractivity contribution >= 4 is 11.6 Å². The van der Waals surface area contributed by atoms with Crippen molar-refractivity contribution in [2.75, 3.05) is 64.4 Å². The molecule has 0 saturated carbocycles. The molecule has 4 rings (SSSR count). The highest BCUT2D eigenvalue weighted by Gasteiger charge is 2.41. The van der Waals surface area contributed by atoms with Crippen LogP contribution in [0.2, 0.25) is 0 Å². The van der Waals surface area contributed by atoms with Gasteiger partial charge in [0.25, 0.3) is 5.91 Å². The summed E-state index contributed by atoms with van der Waals surface area (Å²) in [7, 11) is 2.14. The first-order valence-corrected chi connectivity index (χ1v) is 9.12. The van der Waals surface area contributed by atoms with Crippen molar-refractivity contribution in [1.82, 2.24) is 14.8 Å². The average Bonchev–Trinajstić information content (AvgIpc) is 3.11. The normalized spacial score (nSPS) is 24.0. The monoisotopic (exact) mass is 346 g/mol. The van der Waals surface area contributed by atoms with E-state index in [1.165, 1.54) is 0 Å². The number of likely N-dealkylation sites (tertiary alicyclic amines) is 1. The van der Waals surface area contributed by atoms with Gasteiger partial charge in [0.15, 0.2) is 5.79 Å². The third kappa shape index (κ3) is 3.49. The molecule has 1 spiro atoms. The van der Waals surface area contributed by atoms with Gasteiger partial charge < -0.3 is 24.2 Å². The van der Waals surface area contributed by atoms with Gasteiger partial charge in [-0.1, -0.05) is 0 Å². The van der Waals surface area contributed by atoms with E-state index in [1.54, 1.807) is 0 Å². The number of hydrogen-bond donors (Lipinski definition) is 0. The number of anilines is 1. The number of ether oxygens (including phenoxy) is 2. The van der Waals surface area contributed by atoms with E-state index in [9.17, 15) is 4.79 Å². The Morgan fingerprint density at radius 3 is 2.32 bits per heavy atom. The molecule has 1 aromatic heterocycles. The Labute approximate surface area is 148 Å². The van der Waals surface area contributed by atoms with Crippen molar-refractivity contribution in [2.45, 2.75) is 18.6 Å². The Hall–Kier alpha value is -1.70. The van der Waals surface area contributed by atoms with Crippen LogP contribution in [0.15, 0.2) is 18.3 Å². The number of aromatic nitrogens is 1. The molecule has 7 nitrogen and oxygen atoms in total. The molecule has 0 atom stereocenters. The second-order valence-electron chi connectivity index (χ2n) is 7.09. The summed E-state index contributed by atoms with van der Waals surface area (Å²) in [5, 5.41) is 0. The highest BCUT2D eigenvalue weighted by atomic mass is 16.7. The summed E-state index contributed by atoms with van der Waals surface area (Å²) in [6.45, 7) is 6.73. The molecule has 7 heteroatoms. The maximum atomic E-state index is 12.7. The van der Waals surface area contributed by atoms with E-state index < -0.39 is 5.79 Å². The van der Waals surface area contributed by atoms with Crippen LogP contribution in [0.3, 0.4) is 0 Å². The number of nitrogens with zero attached hydrogens (tertiary/aromatic N) is 4. The van der Waals surface area contributed by atoms with Gasteiger partial charge in [0.2, 0.25) is 0 Å². The summed E-state index contributed by atoms with van der Waals surface area (Å²) < 4.78 is 11.4. The van der Waals surface area contributed by atoms with Gasteiger partial charge in [-0.2, -0.15) is 0 Å². The first-order chi connectivity index (χ1) is 12.2. The zero-order valence-electron chi connectivity index (χ0n) is 14.8. The van der Waals surface area contributed by atoms with Gasteiger partial charge in [0.05, 0.1) is 25.1 Å². The molecule has 0 bridgehead atoms. The summed E-state index contributed by atoms with van der Waals surface area (Å²) in [6.07, 6.45) is 3.30. The molecule has 25 heavy (non-hydrogen) atoms. The zero-order chi connectivity index (χ0) is 17.3. The zero-order valence-corrected chi connectivity index (χ0v) is 14.8. The second kappa shape index (κ2) is 6.90. The Kier molecular flexibility index (Phi) is 4.62. The Balaban J connectivity index is 1.36. The number of likely N-dealkylation sites (N-methyl/N-ethyl adjacent to an activating group) is 1. The largest absolute Gasteiger partial charge is 0.368 e. The van der Waals surface area contributed by atoms with E-state index in [4.69, 9.17) is 9.47 Å². The van der Waals surface area contributed by atoms with Crippen LogP contribution >= 0.6 is 0 Å². The van der Waals surface area contributed by atoms with Gasteiger partial charge in [0.1, 0.15) is 5.69 Å². The van der Waals surface area contributed by atoms with Crippen LogP contribution in [-0.2, 0) is 9.47 Å². The number of pyridine rings is 1. The molecular weight excluding hydrogens is 320 g/mol. The van der Waals surface area contributed by atoms with Crippen molar-refractivity contribution in [3.05, 3.63) is 24.0 Å². The van der Waals surface area contributed by atoms with Gasteiger partial charge in [-0.15, -0.1) is 0 Å². The minimum atomic E-state index is -0.449. The van der Waals surface area contributed by atoms with Gasteiger partial charge in [-0.25, -0.2) is 4.98 Å². The molecule has 0 N–H and O–H groups in total. The standard InChI is InChI=1S/C18H26N4O3/c1-20-8-10-21(11-9-20)15-2-3-16(19-14-15)17(23)22-6-4-18(5-7-22)24-12-13-25-18/h2-3,14H,4-13H2,1H3. The summed E-state index contributed by atoms with van der Waals surface area (Å²) in [4.78, 5) is 23.6. The number of hydrogen-bond acceptors (Lipinski definition) is 6. The third-order valence-electron chi connectivity index (χ3n) is 5.46. The van der Waals surface area contributed by atoms with Crippen LogP contribution in [0.5, 0.6) is 0 Å². The van der Waals surface area contributed by atoms with Gasteiger partial charge in [0, 0.05) is 52.1 Å². The van der Waals surface area contributed by atoms with Crippen LogP contribution in [0, 0.1) is 0 Å². The lowest BCUT2D eigenvalue weighted by Crippen LogP contribution is -2.47. The van der Waals surface area contributed by atoms with E-state index in [2.05, 4.69) is 21.8 Å². The van der Waals surface area contributed by atoms with E-state index in [1.807, 2.05) is 23.2 Å². The van der Waals surface area contributed by atoms with Crippen LogP contribution in [0.4, 0.5) is 5.69 Å². The number of piperidine rings is 1. The maximum Gasteiger partial charge on any atom is 0.272 e. The fraction of sp³-hybridized carbons (Fsp3) is 0.667. The van der Waals surface area contributed by atoms with E-state index in [-0.39, 0.29) is 5.91 Å². The maximum absolute atomic E-state index is 12.7. The Morgan fingerprint density at radius 1 is 1.04 bits per heavy atom. The number of carbonyl (C=O) groups is 1. The topological polar surface area (TPSA) is 58.1 Å². The molecule has 1 amide bonds. The molecular formula is C18H26N4O3. The van der Waals surface area contributed by atoms with Crippen LogP contribution in [-0.4, -0.2) is 86.0 Å². The van der Waals surface area contributed by atoms with Crippen molar-refractivity contribution in [3.63, 3.8) is 0 Å². The predicted octanol–water partition coefficient (Wildman–Crippen LogP) is 0.813. The number of piperazine rings is 1. The van der Waals surface area contributed by atoms with Gasteiger partial charge >= 0.3 is 0 Å². The lowest BCUT2D eigenvalue weighted by atomic mass is 10.0. The number of rotatable bonds is 2.